The molecule has 2 aliphatic rings. The van der Waals surface area contributed by atoms with Gasteiger partial charge in [-0.2, -0.15) is 13.2 Å². The normalized spacial score (nSPS) is 30.6. The second kappa shape index (κ2) is 7.09. The molecule has 1 heterocycles. The van der Waals surface area contributed by atoms with Gasteiger partial charge in [0, 0.05) is 6.04 Å². The highest BCUT2D eigenvalue weighted by atomic mass is 19.4. The van der Waals surface area contributed by atoms with Crippen molar-refractivity contribution in [3.05, 3.63) is 0 Å². The number of hydrogen-bond donors (Lipinski definition) is 2. The van der Waals surface area contributed by atoms with Crippen LogP contribution in [0.15, 0.2) is 0 Å². The van der Waals surface area contributed by atoms with Crippen LogP contribution in [0.3, 0.4) is 0 Å². The predicted octanol–water partition coefficient (Wildman–Crippen LogP) is 2.15. The molecule has 1 saturated heterocycles. The number of rotatable bonds is 4. The second-order valence-corrected chi connectivity index (χ2v) is 6.25. The second-order valence-electron chi connectivity index (χ2n) is 6.25. The molecule has 0 bridgehead atoms. The molecule has 0 aromatic rings. The third kappa shape index (κ3) is 5.58. The smallest absolute Gasteiger partial charge is 0.393 e. The van der Waals surface area contributed by atoms with E-state index in [-0.39, 0.29) is 6.10 Å². The average molecular weight is 294 g/mol. The molecule has 118 valence electrons. The van der Waals surface area contributed by atoms with Crippen LogP contribution < -0.4 is 5.32 Å². The van der Waals surface area contributed by atoms with Crippen LogP contribution in [-0.4, -0.2) is 54.5 Å². The maximum atomic E-state index is 12.3. The van der Waals surface area contributed by atoms with Crippen LogP contribution >= 0.6 is 0 Å². The van der Waals surface area contributed by atoms with Crippen molar-refractivity contribution >= 4 is 0 Å². The maximum absolute atomic E-state index is 12.3. The zero-order valence-electron chi connectivity index (χ0n) is 11.8. The highest BCUT2D eigenvalue weighted by Gasteiger charge is 2.32. The van der Waals surface area contributed by atoms with Gasteiger partial charge < -0.3 is 10.4 Å². The molecule has 0 radical (unpaired) electrons. The first kappa shape index (κ1) is 16.0. The van der Waals surface area contributed by atoms with Gasteiger partial charge in [-0.25, -0.2) is 0 Å². The molecule has 0 aromatic carbocycles. The van der Waals surface area contributed by atoms with Crippen molar-refractivity contribution in [1.29, 1.82) is 0 Å². The van der Waals surface area contributed by atoms with Crippen molar-refractivity contribution in [2.45, 2.75) is 56.8 Å². The summed E-state index contributed by atoms with van der Waals surface area (Å²) in [5, 5.41) is 12.9. The fraction of sp³-hybridized carbons (Fsp3) is 1.00. The molecular weight excluding hydrogens is 269 g/mol. The highest BCUT2D eigenvalue weighted by Crippen LogP contribution is 2.24. The van der Waals surface area contributed by atoms with Gasteiger partial charge in [-0.1, -0.05) is 0 Å². The van der Waals surface area contributed by atoms with E-state index >= 15 is 0 Å². The molecule has 0 atom stereocenters. The Morgan fingerprint density at radius 2 is 1.60 bits per heavy atom. The summed E-state index contributed by atoms with van der Waals surface area (Å²) in [7, 11) is 0. The number of hydrogen-bond acceptors (Lipinski definition) is 3. The molecule has 2 N–H and O–H groups in total. The van der Waals surface area contributed by atoms with Gasteiger partial charge in [0.05, 0.1) is 12.6 Å². The van der Waals surface area contributed by atoms with Crippen LogP contribution in [0.1, 0.15) is 38.5 Å². The molecule has 0 spiro atoms. The molecule has 1 aliphatic heterocycles. The van der Waals surface area contributed by atoms with E-state index in [1.165, 1.54) is 4.90 Å². The van der Waals surface area contributed by atoms with Crippen molar-refractivity contribution < 1.29 is 18.3 Å². The summed E-state index contributed by atoms with van der Waals surface area (Å²) in [6, 6.07) is 0.353. The molecule has 0 aromatic heterocycles. The van der Waals surface area contributed by atoms with Crippen molar-refractivity contribution in [1.82, 2.24) is 10.2 Å². The third-order valence-electron chi connectivity index (χ3n) is 4.50. The molecule has 2 fully saturated rings. The standard InChI is InChI=1S/C14H25F3N2O/c15-14(16,17)10-19-7-5-12(6-8-19)18-9-11-1-3-13(20)4-2-11/h11-13,18,20H,1-10H2. The quantitative estimate of drug-likeness (QED) is 0.834. The minimum atomic E-state index is -4.08. The molecule has 1 aliphatic carbocycles. The van der Waals surface area contributed by atoms with Crippen LogP contribution in [0.25, 0.3) is 0 Å². The monoisotopic (exact) mass is 294 g/mol. The first-order valence-corrected chi connectivity index (χ1v) is 7.63. The largest absolute Gasteiger partial charge is 0.401 e. The number of halogens is 3. The number of nitrogens with one attached hydrogen (secondary N) is 1. The molecule has 3 nitrogen and oxygen atoms in total. The van der Waals surface area contributed by atoms with Crippen molar-refractivity contribution in [3.8, 4) is 0 Å². The Morgan fingerprint density at radius 3 is 2.15 bits per heavy atom. The summed E-state index contributed by atoms with van der Waals surface area (Å²) < 4.78 is 36.8. The number of aliphatic hydroxyl groups excluding tert-OH is 1. The fourth-order valence-corrected chi connectivity index (χ4v) is 3.23. The van der Waals surface area contributed by atoms with Crippen LogP contribution in [0.4, 0.5) is 13.2 Å². The molecule has 1 saturated carbocycles. The van der Waals surface area contributed by atoms with Crippen LogP contribution in [0.2, 0.25) is 0 Å². The average Bonchev–Trinajstić information content (AvgIpc) is 2.38. The minimum Gasteiger partial charge on any atom is -0.393 e. The lowest BCUT2D eigenvalue weighted by Crippen LogP contribution is -2.46. The van der Waals surface area contributed by atoms with Crippen molar-refractivity contribution in [2.24, 2.45) is 5.92 Å². The molecular formula is C14H25F3N2O. The van der Waals surface area contributed by atoms with E-state index in [0.29, 0.717) is 25.0 Å². The van der Waals surface area contributed by atoms with E-state index in [4.69, 9.17) is 0 Å². The van der Waals surface area contributed by atoms with E-state index in [0.717, 1.165) is 45.1 Å². The van der Waals surface area contributed by atoms with Crippen molar-refractivity contribution in [2.75, 3.05) is 26.2 Å². The molecule has 2 rings (SSSR count). The Hall–Kier alpha value is -0.330. The summed E-state index contributed by atoms with van der Waals surface area (Å²) in [5.74, 6) is 0.617. The number of alkyl halides is 3. The van der Waals surface area contributed by atoms with Gasteiger partial charge in [0.2, 0.25) is 0 Å². The summed E-state index contributed by atoms with van der Waals surface area (Å²) >= 11 is 0. The van der Waals surface area contributed by atoms with E-state index < -0.39 is 12.7 Å². The number of nitrogens with zero attached hydrogens (tertiary/aromatic N) is 1. The van der Waals surface area contributed by atoms with Gasteiger partial charge in [0.1, 0.15) is 0 Å². The summed E-state index contributed by atoms with van der Waals surface area (Å²) in [6.45, 7) is 1.22. The Kier molecular flexibility index (Phi) is 5.69. The third-order valence-corrected chi connectivity index (χ3v) is 4.50. The lowest BCUT2D eigenvalue weighted by Gasteiger charge is -2.34. The van der Waals surface area contributed by atoms with Crippen molar-refractivity contribution in [3.63, 3.8) is 0 Å². The first-order chi connectivity index (χ1) is 9.42. The lowest BCUT2D eigenvalue weighted by molar-refractivity contribution is -0.148. The highest BCUT2D eigenvalue weighted by molar-refractivity contribution is 4.80. The first-order valence-electron chi connectivity index (χ1n) is 7.63. The van der Waals surface area contributed by atoms with Gasteiger partial charge in [0.25, 0.3) is 0 Å². The zero-order chi connectivity index (χ0) is 14.6. The van der Waals surface area contributed by atoms with Gasteiger partial charge in [0.15, 0.2) is 0 Å². The van der Waals surface area contributed by atoms with Crippen LogP contribution in [0, 0.1) is 5.92 Å². The van der Waals surface area contributed by atoms with Gasteiger partial charge in [-0.05, 0) is 64.1 Å². The summed E-state index contributed by atoms with van der Waals surface area (Å²) in [6.07, 6.45) is 1.27. The van der Waals surface area contributed by atoms with Crippen LogP contribution in [-0.2, 0) is 0 Å². The van der Waals surface area contributed by atoms with Crippen LogP contribution in [0.5, 0.6) is 0 Å². The van der Waals surface area contributed by atoms with E-state index in [1.807, 2.05) is 0 Å². The molecule has 6 heteroatoms. The minimum absolute atomic E-state index is 0.128. The Bertz CT molecular complexity index is 283. The lowest BCUT2D eigenvalue weighted by atomic mass is 9.87. The van der Waals surface area contributed by atoms with E-state index in [2.05, 4.69) is 5.32 Å². The van der Waals surface area contributed by atoms with E-state index in [1.54, 1.807) is 0 Å². The number of aliphatic hydroxyl groups is 1. The summed E-state index contributed by atoms with van der Waals surface area (Å²) in [4.78, 5) is 1.50. The Morgan fingerprint density at radius 1 is 1.00 bits per heavy atom. The summed E-state index contributed by atoms with van der Waals surface area (Å²) in [5.41, 5.74) is 0. The number of piperidine rings is 1. The molecule has 0 amide bonds. The predicted molar refractivity (Wildman–Crippen MR) is 71.5 cm³/mol. The van der Waals surface area contributed by atoms with E-state index in [9.17, 15) is 18.3 Å². The topological polar surface area (TPSA) is 35.5 Å². The fourth-order valence-electron chi connectivity index (χ4n) is 3.23. The Labute approximate surface area is 118 Å². The Balaban J connectivity index is 1.60. The van der Waals surface area contributed by atoms with Gasteiger partial charge in [-0.3, -0.25) is 4.90 Å². The van der Waals surface area contributed by atoms with Gasteiger partial charge in [-0.15, -0.1) is 0 Å². The van der Waals surface area contributed by atoms with Gasteiger partial charge >= 0.3 is 6.18 Å². The number of likely N-dealkylation sites (tertiary alicyclic amines) is 1. The maximum Gasteiger partial charge on any atom is 0.401 e. The molecule has 20 heavy (non-hydrogen) atoms. The zero-order valence-corrected chi connectivity index (χ0v) is 11.8. The SMILES string of the molecule is OC1CCC(CNC2CCN(CC(F)(F)F)CC2)CC1. The molecule has 0 unspecified atom stereocenters.